The van der Waals surface area contributed by atoms with Crippen LogP contribution in [0.4, 0.5) is 17.6 Å². The summed E-state index contributed by atoms with van der Waals surface area (Å²) < 4.78 is 49.5. The smallest absolute Gasteiger partial charge is 0.207 e. The number of aryl methyl sites for hydroxylation is 1. The fourth-order valence-corrected chi connectivity index (χ4v) is 2.04. The van der Waals surface area contributed by atoms with Crippen molar-refractivity contribution in [3.8, 4) is 0 Å². The Morgan fingerprint density at radius 1 is 1.25 bits per heavy atom. The first-order chi connectivity index (χ1) is 7.42. The Hall–Kier alpha value is -0.710. The van der Waals surface area contributed by atoms with Crippen LogP contribution in [0, 0.1) is 5.82 Å². The molecule has 0 unspecified atom stereocenters. The molecule has 1 rings (SSSR count). The number of alkyl halides is 3. The van der Waals surface area contributed by atoms with E-state index in [1.807, 2.05) is 6.92 Å². The summed E-state index contributed by atoms with van der Waals surface area (Å²) in [6.45, 7) is 1.96. The molecule has 0 aliphatic rings. The van der Waals surface area contributed by atoms with E-state index < -0.39 is 11.3 Å². The van der Waals surface area contributed by atoms with Crippen LogP contribution in [-0.2, 0) is 6.42 Å². The third-order valence-electron chi connectivity index (χ3n) is 2.05. The van der Waals surface area contributed by atoms with Gasteiger partial charge in [-0.2, -0.15) is 13.2 Å². The first kappa shape index (κ1) is 13.4. The quantitative estimate of drug-likeness (QED) is 0.549. The van der Waals surface area contributed by atoms with Crippen molar-refractivity contribution in [3.63, 3.8) is 0 Å². The van der Waals surface area contributed by atoms with Crippen LogP contribution in [0.1, 0.15) is 25.3 Å². The normalized spacial score (nSPS) is 11.8. The van der Waals surface area contributed by atoms with Gasteiger partial charge in [0.15, 0.2) is 0 Å². The topological polar surface area (TPSA) is 0 Å². The van der Waals surface area contributed by atoms with E-state index in [9.17, 15) is 17.6 Å². The molecule has 0 heterocycles. The number of unbranched alkanes of at least 4 members (excludes halogenated alkanes) is 1. The van der Waals surface area contributed by atoms with Crippen LogP contribution in [0.3, 0.4) is 0 Å². The van der Waals surface area contributed by atoms with Crippen LogP contribution in [0.15, 0.2) is 23.1 Å². The molecule has 0 nitrogen and oxygen atoms in total. The van der Waals surface area contributed by atoms with Crippen LogP contribution in [0.2, 0.25) is 0 Å². The van der Waals surface area contributed by atoms with E-state index >= 15 is 0 Å². The number of hydrogen-bond acceptors (Lipinski definition) is 1. The molecule has 0 N–H and O–H groups in total. The van der Waals surface area contributed by atoms with Gasteiger partial charge in [-0.25, -0.2) is 4.39 Å². The Labute approximate surface area is 96.0 Å². The molecule has 90 valence electrons. The predicted molar refractivity (Wildman–Crippen MR) is 56.9 cm³/mol. The van der Waals surface area contributed by atoms with Crippen molar-refractivity contribution >= 4 is 11.8 Å². The maximum absolute atomic E-state index is 12.9. The van der Waals surface area contributed by atoms with E-state index in [0.717, 1.165) is 18.9 Å². The molecule has 1 aromatic rings. The molecule has 0 bridgehead atoms. The molecule has 16 heavy (non-hydrogen) atoms. The summed E-state index contributed by atoms with van der Waals surface area (Å²) >= 11 is -0.248. The van der Waals surface area contributed by atoms with Crippen molar-refractivity contribution in [2.75, 3.05) is 0 Å². The summed E-state index contributed by atoms with van der Waals surface area (Å²) in [5.74, 6) is -0.632. The Balaban J connectivity index is 2.89. The summed E-state index contributed by atoms with van der Waals surface area (Å²) in [5.41, 5.74) is -3.81. The van der Waals surface area contributed by atoms with Gasteiger partial charge in [-0.3, -0.25) is 0 Å². The monoisotopic (exact) mass is 252 g/mol. The highest BCUT2D eigenvalue weighted by molar-refractivity contribution is 8.00. The minimum Gasteiger partial charge on any atom is -0.207 e. The number of hydrogen-bond donors (Lipinski definition) is 0. The molecular formula is C11H12F4S. The molecule has 0 radical (unpaired) electrons. The highest BCUT2D eigenvalue weighted by Gasteiger charge is 2.30. The van der Waals surface area contributed by atoms with Crippen molar-refractivity contribution in [2.24, 2.45) is 0 Å². The molecule has 0 aromatic heterocycles. The van der Waals surface area contributed by atoms with E-state index in [1.165, 1.54) is 12.1 Å². The molecule has 0 aliphatic carbocycles. The number of benzene rings is 1. The first-order valence-corrected chi connectivity index (χ1v) is 5.78. The van der Waals surface area contributed by atoms with Crippen LogP contribution < -0.4 is 0 Å². The third kappa shape index (κ3) is 4.43. The van der Waals surface area contributed by atoms with E-state index in [4.69, 9.17) is 0 Å². The van der Waals surface area contributed by atoms with E-state index in [0.29, 0.717) is 12.0 Å². The van der Waals surface area contributed by atoms with Gasteiger partial charge in [0, 0.05) is 4.90 Å². The lowest BCUT2D eigenvalue weighted by Gasteiger charge is -2.10. The molecule has 0 fully saturated rings. The van der Waals surface area contributed by atoms with Crippen LogP contribution >= 0.6 is 11.8 Å². The minimum atomic E-state index is -4.37. The van der Waals surface area contributed by atoms with Crippen LogP contribution in [-0.4, -0.2) is 5.51 Å². The van der Waals surface area contributed by atoms with Crippen molar-refractivity contribution < 1.29 is 17.6 Å². The van der Waals surface area contributed by atoms with Crippen molar-refractivity contribution in [1.29, 1.82) is 0 Å². The highest BCUT2D eigenvalue weighted by Crippen LogP contribution is 2.39. The molecule has 0 amide bonds. The summed E-state index contributed by atoms with van der Waals surface area (Å²) in [4.78, 5) is -0.0269. The zero-order valence-corrected chi connectivity index (χ0v) is 9.59. The summed E-state index contributed by atoms with van der Waals surface area (Å²) in [6, 6.07) is 3.58. The highest BCUT2D eigenvalue weighted by atomic mass is 32.2. The van der Waals surface area contributed by atoms with E-state index in [1.54, 1.807) is 0 Å². The lowest BCUT2D eigenvalue weighted by molar-refractivity contribution is -0.0328. The lowest BCUT2D eigenvalue weighted by Crippen LogP contribution is -2.01. The minimum absolute atomic E-state index is 0.0269. The molecule has 0 saturated heterocycles. The Morgan fingerprint density at radius 2 is 1.94 bits per heavy atom. The molecule has 0 atom stereocenters. The molecule has 0 spiro atoms. The number of halogens is 4. The number of rotatable bonds is 4. The first-order valence-electron chi connectivity index (χ1n) is 4.96. The van der Waals surface area contributed by atoms with Gasteiger partial charge in [0.25, 0.3) is 0 Å². The second-order valence-electron chi connectivity index (χ2n) is 3.40. The fraction of sp³-hybridized carbons (Fsp3) is 0.455. The molecular weight excluding hydrogens is 240 g/mol. The molecule has 5 heteroatoms. The van der Waals surface area contributed by atoms with Gasteiger partial charge in [-0.1, -0.05) is 19.4 Å². The van der Waals surface area contributed by atoms with Gasteiger partial charge in [0.05, 0.1) is 0 Å². The maximum Gasteiger partial charge on any atom is 0.446 e. The Morgan fingerprint density at radius 3 is 2.50 bits per heavy atom. The van der Waals surface area contributed by atoms with Gasteiger partial charge in [0.2, 0.25) is 0 Å². The SMILES string of the molecule is CCCCc1ccc(F)cc1SC(F)(F)F. The van der Waals surface area contributed by atoms with Gasteiger partial charge < -0.3 is 0 Å². The molecule has 1 aromatic carbocycles. The summed E-state index contributed by atoms with van der Waals surface area (Å²) in [5, 5.41) is 0. The second-order valence-corrected chi connectivity index (χ2v) is 4.51. The Kier molecular flexibility index (Phi) is 4.65. The zero-order chi connectivity index (χ0) is 12.2. The molecule has 0 aliphatic heterocycles. The van der Waals surface area contributed by atoms with E-state index in [-0.39, 0.29) is 16.7 Å². The van der Waals surface area contributed by atoms with Gasteiger partial charge in [0.1, 0.15) is 5.82 Å². The largest absolute Gasteiger partial charge is 0.446 e. The van der Waals surface area contributed by atoms with E-state index in [2.05, 4.69) is 0 Å². The van der Waals surface area contributed by atoms with Crippen molar-refractivity contribution in [3.05, 3.63) is 29.6 Å². The van der Waals surface area contributed by atoms with Crippen LogP contribution in [0.5, 0.6) is 0 Å². The summed E-state index contributed by atoms with van der Waals surface area (Å²) in [7, 11) is 0. The van der Waals surface area contributed by atoms with Gasteiger partial charge >= 0.3 is 5.51 Å². The predicted octanol–water partition coefficient (Wildman–Crippen LogP) is 4.78. The zero-order valence-electron chi connectivity index (χ0n) is 8.77. The third-order valence-corrected chi connectivity index (χ3v) is 2.89. The van der Waals surface area contributed by atoms with Crippen molar-refractivity contribution in [1.82, 2.24) is 0 Å². The number of thioether (sulfide) groups is 1. The van der Waals surface area contributed by atoms with Crippen molar-refractivity contribution in [2.45, 2.75) is 36.6 Å². The standard InChI is InChI=1S/C11H12F4S/c1-2-3-4-8-5-6-9(12)7-10(8)16-11(13,14)15/h5-7H,2-4H2,1H3. The Bertz CT molecular complexity index is 346. The fourth-order valence-electron chi connectivity index (χ4n) is 1.32. The lowest BCUT2D eigenvalue weighted by atomic mass is 10.1. The average molecular weight is 252 g/mol. The molecule has 0 saturated carbocycles. The van der Waals surface area contributed by atoms with Gasteiger partial charge in [-0.15, -0.1) is 0 Å². The maximum atomic E-state index is 12.9. The van der Waals surface area contributed by atoms with Gasteiger partial charge in [-0.05, 0) is 42.3 Å². The van der Waals surface area contributed by atoms with Crippen LogP contribution in [0.25, 0.3) is 0 Å². The average Bonchev–Trinajstić information content (AvgIpc) is 2.14. The summed E-state index contributed by atoms with van der Waals surface area (Å²) in [6.07, 6.45) is 2.25. The second kappa shape index (κ2) is 5.57.